The Kier molecular flexibility index (Phi) is 6.95. The Morgan fingerprint density at radius 1 is 0.917 bits per heavy atom. The van der Waals surface area contributed by atoms with Crippen molar-refractivity contribution in [2.75, 3.05) is 26.2 Å². The van der Waals surface area contributed by atoms with Crippen molar-refractivity contribution in [1.82, 2.24) is 0 Å². The SMILES string of the molecule is COc1ccc(C2/C(=C(\O)c3cc(Cl)c(OC)cc3OC)C(=O)C(=O)N2c2cccc(C)c2C)cc1. The van der Waals surface area contributed by atoms with Crippen LogP contribution in [-0.2, 0) is 9.59 Å². The van der Waals surface area contributed by atoms with Gasteiger partial charge in [0.15, 0.2) is 0 Å². The molecule has 3 aromatic carbocycles. The molecule has 1 aliphatic heterocycles. The molecular weight excluding hydrogens is 482 g/mol. The van der Waals surface area contributed by atoms with Crippen LogP contribution in [0.1, 0.15) is 28.3 Å². The molecule has 4 rings (SSSR count). The van der Waals surface area contributed by atoms with Crippen LogP contribution in [0, 0.1) is 13.8 Å². The van der Waals surface area contributed by atoms with E-state index in [0.717, 1.165) is 11.1 Å². The minimum atomic E-state index is -0.901. The summed E-state index contributed by atoms with van der Waals surface area (Å²) in [6, 6.07) is 14.6. The number of carbonyl (C=O) groups is 2. The number of ketones is 1. The lowest BCUT2D eigenvalue weighted by atomic mass is 9.94. The van der Waals surface area contributed by atoms with Crippen LogP contribution in [0.5, 0.6) is 17.2 Å². The Labute approximate surface area is 214 Å². The molecule has 0 aromatic heterocycles. The lowest BCUT2D eigenvalue weighted by Gasteiger charge is -2.27. The molecule has 186 valence electrons. The zero-order valence-electron chi connectivity index (χ0n) is 20.6. The average molecular weight is 508 g/mol. The highest BCUT2D eigenvalue weighted by Crippen LogP contribution is 2.45. The van der Waals surface area contributed by atoms with Crippen molar-refractivity contribution in [3.05, 3.63) is 87.4 Å². The minimum Gasteiger partial charge on any atom is -0.507 e. The number of hydrogen-bond donors (Lipinski definition) is 1. The Hall–Kier alpha value is -3.97. The van der Waals surface area contributed by atoms with E-state index in [1.165, 1.54) is 31.3 Å². The van der Waals surface area contributed by atoms with E-state index in [-0.39, 0.29) is 21.9 Å². The number of rotatable bonds is 6. The number of carbonyl (C=O) groups excluding carboxylic acids is 2. The summed E-state index contributed by atoms with van der Waals surface area (Å²) in [6.07, 6.45) is 0. The molecule has 1 atom stereocenters. The van der Waals surface area contributed by atoms with E-state index < -0.39 is 23.5 Å². The zero-order valence-corrected chi connectivity index (χ0v) is 21.3. The van der Waals surface area contributed by atoms with Crippen molar-refractivity contribution in [2.24, 2.45) is 0 Å². The number of aryl methyl sites for hydroxylation is 1. The fourth-order valence-corrected chi connectivity index (χ4v) is 4.61. The third-order valence-corrected chi connectivity index (χ3v) is 6.74. The van der Waals surface area contributed by atoms with Crippen LogP contribution < -0.4 is 19.1 Å². The Morgan fingerprint density at radius 2 is 1.58 bits per heavy atom. The van der Waals surface area contributed by atoms with Crippen LogP contribution in [0.4, 0.5) is 5.69 Å². The second-order valence-corrected chi connectivity index (χ2v) is 8.76. The van der Waals surface area contributed by atoms with Crippen molar-refractivity contribution >= 4 is 34.7 Å². The normalized spacial score (nSPS) is 16.8. The number of anilines is 1. The highest BCUT2D eigenvalue weighted by atomic mass is 35.5. The largest absolute Gasteiger partial charge is 0.507 e. The van der Waals surface area contributed by atoms with E-state index in [1.54, 1.807) is 37.4 Å². The fourth-order valence-electron chi connectivity index (χ4n) is 4.37. The summed E-state index contributed by atoms with van der Waals surface area (Å²) in [7, 11) is 4.44. The first-order valence-electron chi connectivity index (χ1n) is 11.2. The topological polar surface area (TPSA) is 85.3 Å². The lowest BCUT2D eigenvalue weighted by molar-refractivity contribution is -0.132. The Morgan fingerprint density at radius 3 is 2.19 bits per heavy atom. The number of ether oxygens (including phenoxy) is 3. The van der Waals surface area contributed by atoms with Crippen molar-refractivity contribution in [3.8, 4) is 17.2 Å². The quantitative estimate of drug-likeness (QED) is 0.265. The van der Waals surface area contributed by atoms with Crippen LogP contribution in [0.3, 0.4) is 0 Å². The van der Waals surface area contributed by atoms with Gasteiger partial charge in [-0.1, -0.05) is 35.9 Å². The van der Waals surface area contributed by atoms with Gasteiger partial charge in [-0.25, -0.2) is 0 Å². The monoisotopic (exact) mass is 507 g/mol. The maximum absolute atomic E-state index is 13.5. The highest BCUT2D eigenvalue weighted by molar-refractivity contribution is 6.52. The first kappa shape index (κ1) is 25.1. The molecule has 36 heavy (non-hydrogen) atoms. The van der Waals surface area contributed by atoms with Gasteiger partial charge >= 0.3 is 0 Å². The molecule has 7 nitrogen and oxygen atoms in total. The number of Topliss-reactive ketones (excluding diaryl/α,β-unsaturated/α-hetero) is 1. The molecule has 1 fully saturated rings. The van der Waals surface area contributed by atoms with Gasteiger partial charge < -0.3 is 19.3 Å². The minimum absolute atomic E-state index is 0.0781. The lowest BCUT2D eigenvalue weighted by Crippen LogP contribution is -2.30. The smallest absolute Gasteiger partial charge is 0.300 e. The molecule has 0 spiro atoms. The number of methoxy groups -OCH3 is 3. The first-order valence-corrected chi connectivity index (χ1v) is 11.5. The van der Waals surface area contributed by atoms with Gasteiger partial charge in [-0.3, -0.25) is 14.5 Å². The Balaban J connectivity index is 2.01. The van der Waals surface area contributed by atoms with E-state index >= 15 is 0 Å². The predicted molar refractivity (Wildman–Crippen MR) is 138 cm³/mol. The molecule has 0 bridgehead atoms. The fraction of sp³-hybridized carbons (Fsp3) is 0.214. The Bertz CT molecular complexity index is 1380. The number of aliphatic hydroxyl groups is 1. The van der Waals surface area contributed by atoms with E-state index in [2.05, 4.69) is 0 Å². The standard InChI is InChI=1S/C28H26ClNO6/c1-15-7-6-8-21(16(15)2)30-25(17-9-11-18(34-3)12-10-17)24(27(32)28(30)33)26(31)19-13-20(29)23(36-5)14-22(19)35-4/h6-14,25,31H,1-5H3/b26-24+. The zero-order chi connectivity index (χ0) is 26.1. The maximum atomic E-state index is 13.5. The summed E-state index contributed by atoms with van der Waals surface area (Å²) in [4.78, 5) is 28.4. The molecule has 1 N–H and O–H groups in total. The number of halogens is 1. The van der Waals surface area contributed by atoms with E-state index in [9.17, 15) is 14.7 Å². The molecule has 1 saturated heterocycles. The van der Waals surface area contributed by atoms with Gasteiger partial charge in [-0.05, 0) is 54.8 Å². The number of hydrogen-bond acceptors (Lipinski definition) is 6. The van der Waals surface area contributed by atoms with Crippen LogP contribution in [0.15, 0.2) is 60.2 Å². The highest BCUT2D eigenvalue weighted by Gasteiger charge is 2.47. The third-order valence-electron chi connectivity index (χ3n) is 6.44. The molecule has 0 aliphatic carbocycles. The van der Waals surface area contributed by atoms with Crippen LogP contribution in [0.2, 0.25) is 5.02 Å². The second-order valence-electron chi connectivity index (χ2n) is 8.35. The molecule has 3 aromatic rings. The summed E-state index contributed by atoms with van der Waals surface area (Å²) in [5, 5.41) is 11.7. The van der Waals surface area contributed by atoms with Crippen molar-refractivity contribution < 1.29 is 28.9 Å². The number of amides is 1. The summed E-state index contributed by atoms with van der Waals surface area (Å²) >= 11 is 6.33. The molecule has 1 unspecified atom stereocenters. The van der Waals surface area contributed by atoms with Gasteiger partial charge in [-0.2, -0.15) is 0 Å². The van der Waals surface area contributed by atoms with Gasteiger partial charge in [0, 0.05) is 11.8 Å². The van der Waals surface area contributed by atoms with Crippen LogP contribution in [-0.4, -0.2) is 38.1 Å². The summed E-state index contributed by atoms with van der Waals surface area (Å²) < 4.78 is 16.0. The maximum Gasteiger partial charge on any atom is 0.300 e. The van der Waals surface area contributed by atoms with Crippen molar-refractivity contribution in [1.29, 1.82) is 0 Å². The molecule has 8 heteroatoms. The molecule has 0 radical (unpaired) electrons. The van der Waals surface area contributed by atoms with Gasteiger partial charge in [-0.15, -0.1) is 0 Å². The molecule has 1 amide bonds. The van der Waals surface area contributed by atoms with E-state index in [1.807, 2.05) is 26.0 Å². The van der Waals surface area contributed by atoms with Gasteiger partial charge in [0.1, 0.15) is 23.0 Å². The van der Waals surface area contributed by atoms with E-state index in [0.29, 0.717) is 22.7 Å². The van der Waals surface area contributed by atoms with Gasteiger partial charge in [0.05, 0.1) is 43.5 Å². The summed E-state index contributed by atoms with van der Waals surface area (Å²) in [5.74, 6) is -0.768. The third kappa shape index (κ3) is 4.16. The van der Waals surface area contributed by atoms with Crippen molar-refractivity contribution in [3.63, 3.8) is 0 Å². The molecule has 1 heterocycles. The average Bonchev–Trinajstić information content (AvgIpc) is 3.15. The summed E-state index contributed by atoms with van der Waals surface area (Å²) in [5.41, 5.74) is 3.11. The number of benzene rings is 3. The van der Waals surface area contributed by atoms with Crippen LogP contribution >= 0.6 is 11.6 Å². The second kappa shape index (κ2) is 9.95. The molecular formula is C28H26ClNO6. The number of aliphatic hydroxyl groups excluding tert-OH is 1. The molecule has 0 saturated carbocycles. The van der Waals surface area contributed by atoms with Crippen molar-refractivity contribution in [2.45, 2.75) is 19.9 Å². The van der Waals surface area contributed by atoms with Gasteiger partial charge in [0.2, 0.25) is 0 Å². The van der Waals surface area contributed by atoms with Crippen LogP contribution in [0.25, 0.3) is 5.76 Å². The molecule has 1 aliphatic rings. The van der Waals surface area contributed by atoms with Gasteiger partial charge in [0.25, 0.3) is 11.7 Å². The van der Waals surface area contributed by atoms with E-state index in [4.69, 9.17) is 25.8 Å². The predicted octanol–water partition coefficient (Wildman–Crippen LogP) is 5.61. The number of nitrogens with zero attached hydrogens (tertiary/aromatic N) is 1. The summed E-state index contributed by atoms with van der Waals surface area (Å²) in [6.45, 7) is 3.82. The first-order chi connectivity index (χ1) is 17.2.